The van der Waals surface area contributed by atoms with Gasteiger partial charge in [0.15, 0.2) is 0 Å². The summed E-state index contributed by atoms with van der Waals surface area (Å²) in [6, 6.07) is 9.35. The van der Waals surface area contributed by atoms with Crippen LogP contribution in [0.15, 0.2) is 36.9 Å². The summed E-state index contributed by atoms with van der Waals surface area (Å²) in [5, 5.41) is 0. The van der Waals surface area contributed by atoms with Crippen LogP contribution in [0.25, 0.3) is 0 Å². The van der Waals surface area contributed by atoms with E-state index in [9.17, 15) is 0 Å². The Labute approximate surface area is 154 Å². The van der Waals surface area contributed by atoms with Crippen LogP contribution in [0, 0.1) is 17.8 Å². The van der Waals surface area contributed by atoms with Gasteiger partial charge in [0.1, 0.15) is 0 Å². The maximum absolute atomic E-state index is 6.15. The van der Waals surface area contributed by atoms with Gasteiger partial charge in [0.05, 0.1) is 12.7 Å². The van der Waals surface area contributed by atoms with E-state index in [-0.39, 0.29) is 0 Å². The van der Waals surface area contributed by atoms with Crippen molar-refractivity contribution < 1.29 is 4.74 Å². The molecule has 0 amide bonds. The van der Waals surface area contributed by atoms with E-state index >= 15 is 0 Å². The summed E-state index contributed by atoms with van der Waals surface area (Å²) in [5.74, 6) is 2.34. The molecule has 1 aliphatic carbocycles. The Morgan fingerprint density at radius 1 is 0.960 bits per heavy atom. The maximum atomic E-state index is 6.15. The van der Waals surface area contributed by atoms with Crippen molar-refractivity contribution in [2.45, 2.75) is 77.2 Å². The summed E-state index contributed by atoms with van der Waals surface area (Å²) in [5.41, 5.74) is 3.01. The zero-order valence-corrected chi connectivity index (χ0v) is 16.1. The van der Waals surface area contributed by atoms with Crippen molar-refractivity contribution in [3.8, 4) is 0 Å². The van der Waals surface area contributed by atoms with E-state index in [2.05, 4.69) is 43.8 Å². The van der Waals surface area contributed by atoms with Crippen molar-refractivity contribution in [2.75, 3.05) is 6.61 Å². The summed E-state index contributed by atoms with van der Waals surface area (Å²) in [7, 11) is 0. The van der Waals surface area contributed by atoms with Gasteiger partial charge in [-0.2, -0.15) is 0 Å². The third-order valence-electron chi connectivity index (χ3n) is 6.50. The molecule has 2 aliphatic rings. The van der Waals surface area contributed by atoms with Crippen molar-refractivity contribution in [3.05, 3.63) is 48.0 Å². The molecule has 0 N–H and O–H groups in total. The van der Waals surface area contributed by atoms with Gasteiger partial charge in [0.2, 0.25) is 0 Å². The summed E-state index contributed by atoms with van der Waals surface area (Å²) in [6.07, 6.45) is 15.8. The fourth-order valence-electron chi connectivity index (χ4n) is 4.73. The molecule has 1 aromatic carbocycles. The van der Waals surface area contributed by atoms with Crippen molar-refractivity contribution in [1.29, 1.82) is 0 Å². The Morgan fingerprint density at radius 2 is 1.64 bits per heavy atom. The lowest BCUT2D eigenvalue weighted by atomic mass is 9.75. The predicted octanol–water partition coefficient (Wildman–Crippen LogP) is 6.36. The number of ether oxygens (including phenoxy) is 1. The first-order valence-corrected chi connectivity index (χ1v) is 10.6. The van der Waals surface area contributed by atoms with Gasteiger partial charge < -0.3 is 4.74 Å². The molecule has 2 unspecified atom stereocenters. The van der Waals surface area contributed by atoms with Crippen LogP contribution in [-0.2, 0) is 17.6 Å². The summed E-state index contributed by atoms with van der Waals surface area (Å²) >= 11 is 0. The van der Waals surface area contributed by atoms with Crippen molar-refractivity contribution in [3.63, 3.8) is 0 Å². The zero-order chi connectivity index (χ0) is 17.5. The van der Waals surface area contributed by atoms with Crippen LogP contribution in [0.1, 0.15) is 69.4 Å². The zero-order valence-electron chi connectivity index (χ0n) is 16.1. The SMILES string of the molecule is C=CC1CCC(C2CCC(CCc3ccc(CCC)cc3)CC2)OC1. The van der Waals surface area contributed by atoms with Crippen molar-refractivity contribution >= 4 is 0 Å². The van der Waals surface area contributed by atoms with E-state index in [0.717, 1.165) is 18.4 Å². The van der Waals surface area contributed by atoms with Gasteiger partial charge in [0, 0.05) is 5.92 Å². The van der Waals surface area contributed by atoms with Crippen LogP contribution in [0.3, 0.4) is 0 Å². The summed E-state index contributed by atoms with van der Waals surface area (Å²) in [4.78, 5) is 0. The van der Waals surface area contributed by atoms with E-state index in [1.165, 1.54) is 75.3 Å². The standard InChI is InChI=1S/C24H36O/c1-3-5-20-6-8-21(9-7-20)10-11-22-12-15-23(16-13-22)24-17-14-19(4-2)18-25-24/h4,6-9,19,22-24H,2-3,5,10-18H2,1H3. The van der Waals surface area contributed by atoms with Gasteiger partial charge in [-0.3, -0.25) is 0 Å². The van der Waals surface area contributed by atoms with Crippen molar-refractivity contribution in [1.82, 2.24) is 0 Å². The smallest absolute Gasteiger partial charge is 0.0603 e. The lowest BCUT2D eigenvalue weighted by Crippen LogP contribution is -2.33. The highest BCUT2D eigenvalue weighted by atomic mass is 16.5. The van der Waals surface area contributed by atoms with E-state index < -0.39 is 0 Å². The average molecular weight is 341 g/mol. The molecule has 1 saturated heterocycles. The Morgan fingerprint density at radius 3 is 2.20 bits per heavy atom. The van der Waals surface area contributed by atoms with Crippen LogP contribution in [-0.4, -0.2) is 12.7 Å². The number of rotatable bonds is 7. The van der Waals surface area contributed by atoms with Crippen molar-refractivity contribution in [2.24, 2.45) is 17.8 Å². The first kappa shape index (κ1) is 18.7. The van der Waals surface area contributed by atoms with Crippen LogP contribution in [0.5, 0.6) is 0 Å². The molecule has 138 valence electrons. The predicted molar refractivity (Wildman–Crippen MR) is 107 cm³/mol. The highest BCUT2D eigenvalue weighted by molar-refractivity contribution is 5.22. The molecule has 0 aromatic heterocycles. The van der Waals surface area contributed by atoms with E-state index in [0.29, 0.717) is 12.0 Å². The number of aryl methyl sites for hydroxylation is 2. The quantitative estimate of drug-likeness (QED) is 0.525. The average Bonchev–Trinajstić information content (AvgIpc) is 2.68. The highest BCUT2D eigenvalue weighted by Gasteiger charge is 2.30. The molecule has 0 radical (unpaired) electrons. The molecule has 1 aliphatic heterocycles. The Kier molecular flexibility index (Phi) is 7.16. The second-order valence-electron chi connectivity index (χ2n) is 8.33. The Bertz CT molecular complexity index is 501. The number of hydrogen-bond acceptors (Lipinski definition) is 1. The molecule has 2 fully saturated rings. The first-order chi connectivity index (χ1) is 12.3. The lowest BCUT2D eigenvalue weighted by molar-refractivity contribution is -0.0492. The molecule has 2 atom stereocenters. The molecular formula is C24H36O. The third-order valence-corrected chi connectivity index (χ3v) is 6.50. The minimum atomic E-state index is 0.531. The van der Waals surface area contributed by atoms with Gasteiger partial charge >= 0.3 is 0 Å². The van der Waals surface area contributed by atoms with Crippen LogP contribution >= 0.6 is 0 Å². The van der Waals surface area contributed by atoms with E-state index in [1.807, 2.05) is 0 Å². The minimum Gasteiger partial charge on any atom is -0.377 e. The second-order valence-corrected chi connectivity index (χ2v) is 8.33. The number of benzene rings is 1. The first-order valence-electron chi connectivity index (χ1n) is 10.6. The molecule has 0 bridgehead atoms. The third kappa shape index (κ3) is 5.45. The molecule has 1 aromatic rings. The molecule has 0 spiro atoms. The van der Waals surface area contributed by atoms with Gasteiger partial charge in [-0.15, -0.1) is 6.58 Å². The second kappa shape index (κ2) is 9.57. The normalized spacial score (nSPS) is 30.1. The van der Waals surface area contributed by atoms with Crippen LogP contribution in [0.4, 0.5) is 0 Å². The van der Waals surface area contributed by atoms with Crippen LogP contribution < -0.4 is 0 Å². The highest BCUT2D eigenvalue weighted by Crippen LogP contribution is 2.37. The lowest BCUT2D eigenvalue weighted by Gasteiger charge is -2.37. The van der Waals surface area contributed by atoms with E-state index in [4.69, 9.17) is 4.74 Å². The van der Waals surface area contributed by atoms with Gasteiger partial charge in [-0.1, -0.05) is 56.5 Å². The van der Waals surface area contributed by atoms with Gasteiger partial charge in [-0.25, -0.2) is 0 Å². The van der Waals surface area contributed by atoms with Gasteiger partial charge in [-0.05, 0) is 67.9 Å². The molecule has 1 saturated carbocycles. The fraction of sp³-hybridized carbons (Fsp3) is 0.667. The van der Waals surface area contributed by atoms with Crippen LogP contribution in [0.2, 0.25) is 0 Å². The van der Waals surface area contributed by atoms with E-state index in [1.54, 1.807) is 0 Å². The molecule has 1 nitrogen and oxygen atoms in total. The Hall–Kier alpha value is -1.08. The van der Waals surface area contributed by atoms with Gasteiger partial charge in [0.25, 0.3) is 0 Å². The molecule has 1 heteroatoms. The molecule has 25 heavy (non-hydrogen) atoms. The fourth-order valence-corrected chi connectivity index (χ4v) is 4.73. The monoisotopic (exact) mass is 340 g/mol. The summed E-state index contributed by atoms with van der Waals surface area (Å²) in [6.45, 7) is 7.07. The largest absolute Gasteiger partial charge is 0.377 e. The Balaban J connectivity index is 1.37. The summed E-state index contributed by atoms with van der Waals surface area (Å²) < 4.78 is 6.15. The molecular weight excluding hydrogens is 304 g/mol. The minimum absolute atomic E-state index is 0.531. The molecule has 3 rings (SSSR count). The topological polar surface area (TPSA) is 9.23 Å². The number of hydrogen-bond donors (Lipinski definition) is 0. The maximum Gasteiger partial charge on any atom is 0.0603 e. The molecule has 1 heterocycles.